The molecule has 29 heavy (non-hydrogen) atoms. The minimum Gasteiger partial charge on any atom is -0.508 e. The second-order valence-electron chi connectivity index (χ2n) is 6.68. The molecule has 0 aliphatic carbocycles. The molecule has 5 atom stereocenters. The zero-order chi connectivity index (χ0) is 21.0. The number of benzene rings is 2. The maximum Gasteiger partial charge on any atom is 0.229 e. The van der Waals surface area contributed by atoms with E-state index < -0.39 is 37.3 Å². The standard InChI is InChI=1S/C21H24O8/c1-27-16-9-13(8-14(23)10-16)3-2-12-4-6-15(7-5-12)28-21-20(26)19(25)18(24)17(11-22)29-21/h2-10,17-26H,11H2,1H3/b3-2+/t17-,18-,19+,20-,21-/m1/s1. The van der Waals surface area contributed by atoms with Crippen LogP contribution in [0.3, 0.4) is 0 Å². The van der Waals surface area contributed by atoms with Crippen LogP contribution in [0.15, 0.2) is 42.5 Å². The molecule has 1 saturated heterocycles. The van der Waals surface area contributed by atoms with Gasteiger partial charge in [-0.25, -0.2) is 0 Å². The summed E-state index contributed by atoms with van der Waals surface area (Å²) in [7, 11) is 1.52. The topological polar surface area (TPSA) is 129 Å². The van der Waals surface area contributed by atoms with Crippen molar-refractivity contribution < 1.29 is 39.7 Å². The molecular weight excluding hydrogens is 380 g/mol. The molecule has 1 aliphatic heterocycles. The summed E-state index contributed by atoms with van der Waals surface area (Å²) in [5.41, 5.74) is 1.62. The molecule has 0 bridgehead atoms. The summed E-state index contributed by atoms with van der Waals surface area (Å²) in [6.07, 6.45) is -2.99. The molecule has 1 heterocycles. The van der Waals surface area contributed by atoms with E-state index >= 15 is 0 Å². The monoisotopic (exact) mass is 404 g/mol. The molecule has 0 amide bonds. The molecule has 2 aromatic carbocycles. The van der Waals surface area contributed by atoms with Crippen molar-refractivity contribution in [2.45, 2.75) is 30.7 Å². The van der Waals surface area contributed by atoms with Gasteiger partial charge in [0.2, 0.25) is 6.29 Å². The van der Waals surface area contributed by atoms with E-state index in [0.29, 0.717) is 11.5 Å². The van der Waals surface area contributed by atoms with Crippen molar-refractivity contribution in [2.75, 3.05) is 13.7 Å². The van der Waals surface area contributed by atoms with Crippen molar-refractivity contribution in [2.24, 2.45) is 0 Å². The van der Waals surface area contributed by atoms with Crippen LogP contribution in [0.1, 0.15) is 11.1 Å². The van der Waals surface area contributed by atoms with Gasteiger partial charge in [-0.3, -0.25) is 0 Å². The molecule has 156 valence electrons. The number of phenols is 1. The van der Waals surface area contributed by atoms with E-state index in [1.165, 1.54) is 13.2 Å². The Bertz CT molecular complexity index is 833. The number of hydrogen-bond donors (Lipinski definition) is 5. The Balaban J connectivity index is 1.66. The van der Waals surface area contributed by atoms with Crippen LogP contribution in [0.4, 0.5) is 0 Å². The Kier molecular flexibility index (Phi) is 6.73. The number of aromatic hydroxyl groups is 1. The highest BCUT2D eigenvalue weighted by molar-refractivity contribution is 5.71. The molecule has 0 aromatic heterocycles. The zero-order valence-corrected chi connectivity index (χ0v) is 15.8. The van der Waals surface area contributed by atoms with Gasteiger partial charge < -0.3 is 39.7 Å². The Labute approximate surface area is 167 Å². The molecule has 1 aliphatic rings. The van der Waals surface area contributed by atoms with Crippen LogP contribution in [0.5, 0.6) is 17.2 Å². The van der Waals surface area contributed by atoms with Gasteiger partial charge in [0, 0.05) is 6.07 Å². The van der Waals surface area contributed by atoms with Gasteiger partial charge in [-0.1, -0.05) is 24.3 Å². The van der Waals surface area contributed by atoms with Crippen molar-refractivity contribution in [3.05, 3.63) is 53.6 Å². The summed E-state index contributed by atoms with van der Waals surface area (Å²) >= 11 is 0. The van der Waals surface area contributed by atoms with Gasteiger partial charge in [-0.2, -0.15) is 0 Å². The third kappa shape index (κ3) is 5.06. The number of hydrogen-bond acceptors (Lipinski definition) is 8. The van der Waals surface area contributed by atoms with Crippen molar-refractivity contribution in [3.8, 4) is 17.2 Å². The second kappa shape index (κ2) is 9.25. The van der Waals surface area contributed by atoms with Crippen molar-refractivity contribution in [3.63, 3.8) is 0 Å². The first kappa shape index (κ1) is 21.1. The predicted molar refractivity (Wildman–Crippen MR) is 104 cm³/mol. The molecular formula is C21H24O8. The number of phenolic OH excluding ortho intramolecular Hbond substituents is 1. The van der Waals surface area contributed by atoms with Crippen molar-refractivity contribution >= 4 is 12.2 Å². The number of methoxy groups -OCH3 is 1. The Morgan fingerprint density at radius 3 is 2.24 bits per heavy atom. The smallest absolute Gasteiger partial charge is 0.229 e. The van der Waals surface area contributed by atoms with Crippen LogP contribution in [0.2, 0.25) is 0 Å². The lowest BCUT2D eigenvalue weighted by Gasteiger charge is -2.39. The molecule has 0 unspecified atom stereocenters. The van der Waals surface area contributed by atoms with Crippen LogP contribution in [-0.4, -0.2) is 70.0 Å². The fourth-order valence-corrected chi connectivity index (χ4v) is 2.97. The number of rotatable bonds is 6. The Hall–Kier alpha value is -2.62. The Morgan fingerprint density at radius 1 is 0.897 bits per heavy atom. The average molecular weight is 404 g/mol. The zero-order valence-electron chi connectivity index (χ0n) is 15.8. The summed E-state index contributed by atoms with van der Waals surface area (Å²) in [5, 5.41) is 48.6. The molecule has 0 radical (unpaired) electrons. The lowest BCUT2D eigenvalue weighted by atomic mass is 9.99. The van der Waals surface area contributed by atoms with E-state index in [9.17, 15) is 25.5 Å². The van der Waals surface area contributed by atoms with Crippen LogP contribution < -0.4 is 9.47 Å². The van der Waals surface area contributed by atoms with Crippen LogP contribution in [0, 0.1) is 0 Å². The van der Waals surface area contributed by atoms with E-state index in [-0.39, 0.29) is 5.75 Å². The van der Waals surface area contributed by atoms with Gasteiger partial charge in [-0.05, 0) is 35.4 Å². The molecule has 8 heteroatoms. The lowest BCUT2D eigenvalue weighted by molar-refractivity contribution is -0.277. The molecule has 0 saturated carbocycles. The minimum absolute atomic E-state index is 0.104. The highest BCUT2D eigenvalue weighted by Crippen LogP contribution is 2.26. The minimum atomic E-state index is -1.49. The van der Waals surface area contributed by atoms with E-state index in [4.69, 9.17) is 14.2 Å². The lowest BCUT2D eigenvalue weighted by Crippen LogP contribution is -2.60. The first-order chi connectivity index (χ1) is 13.9. The summed E-state index contributed by atoms with van der Waals surface area (Å²) in [6.45, 7) is -0.519. The Morgan fingerprint density at radius 2 is 1.59 bits per heavy atom. The van der Waals surface area contributed by atoms with Gasteiger partial charge in [-0.15, -0.1) is 0 Å². The maximum absolute atomic E-state index is 10.0. The van der Waals surface area contributed by atoms with Crippen LogP contribution in [-0.2, 0) is 4.74 Å². The molecule has 8 nitrogen and oxygen atoms in total. The molecule has 2 aromatic rings. The van der Waals surface area contributed by atoms with E-state index in [1.807, 2.05) is 12.2 Å². The van der Waals surface area contributed by atoms with E-state index in [1.54, 1.807) is 36.4 Å². The van der Waals surface area contributed by atoms with E-state index in [0.717, 1.165) is 11.1 Å². The molecule has 0 spiro atoms. The van der Waals surface area contributed by atoms with E-state index in [2.05, 4.69) is 0 Å². The molecule has 5 N–H and O–H groups in total. The fraction of sp³-hybridized carbons (Fsp3) is 0.333. The first-order valence-electron chi connectivity index (χ1n) is 9.04. The third-order valence-electron chi connectivity index (χ3n) is 4.60. The number of aliphatic hydroxyl groups is 4. The van der Waals surface area contributed by atoms with Gasteiger partial charge in [0.05, 0.1) is 13.7 Å². The van der Waals surface area contributed by atoms with Crippen LogP contribution >= 0.6 is 0 Å². The highest BCUT2D eigenvalue weighted by atomic mass is 16.7. The van der Waals surface area contributed by atoms with Gasteiger partial charge >= 0.3 is 0 Å². The molecule has 1 fully saturated rings. The fourth-order valence-electron chi connectivity index (χ4n) is 2.97. The van der Waals surface area contributed by atoms with Gasteiger partial charge in [0.15, 0.2) is 0 Å². The summed E-state index contributed by atoms with van der Waals surface area (Å²) in [5.74, 6) is 1.03. The average Bonchev–Trinajstić information content (AvgIpc) is 2.73. The van der Waals surface area contributed by atoms with Crippen LogP contribution in [0.25, 0.3) is 12.2 Å². The summed E-state index contributed by atoms with van der Waals surface area (Å²) < 4.78 is 16.0. The summed E-state index contributed by atoms with van der Waals surface area (Å²) in [4.78, 5) is 0. The maximum atomic E-state index is 10.0. The SMILES string of the molecule is COc1cc(O)cc(/C=C/c2ccc(O[C@@H]3O[C@H](CO)[C@@H](O)[C@H](O)[C@H]3O)cc2)c1. The largest absolute Gasteiger partial charge is 0.508 e. The number of aliphatic hydroxyl groups excluding tert-OH is 4. The third-order valence-corrected chi connectivity index (χ3v) is 4.60. The first-order valence-corrected chi connectivity index (χ1v) is 9.04. The van der Waals surface area contributed by atoms with Gasteiger partial charge in [0.25, 0.3) is 0 Å². The number of ether oxygens (including phenoxy) is 3. The van der Waals surface area contributed by atoms with Crippen molar-refractivity contribution in [1.82, 2.24) is 0 Å². The normalized spacial score (nSPS) is 27.1. The second-order valence-corrected chi connectivity index (χ2v) is 6.68. The predicted octanol–water partition coefficient (Wildman–Crippen LogP) is 0.750. The quantitative estimate of drug-likeness (QED) is 0.446. The summed E-state index contributed by atoms with van der Waals surface area (Å²) in [6, 6.07) is 11.8. The molecule has 3 rings (SSSR count). The van der Waals surface area contributed by atoms with Gasteiger partial charge in [0.1, 0.15) is 41.7 Å². The van der Waals surface area contributed by atoms with Crippen molar-refractivity contribution in [1.29, 1.82) is 0 Å². The highest BCUT2D eigenvalue weighted by Gasteiger charge is 2.44.